The van der Waals surface area contributed by atoms with Crippen LogP contribution in [-0.2, 0) is 4.79 Å². The van der Waals surface area contributed by atoms with Gasteiger partial charge >= 0.3 is 0 Å². The molecule has 0 fully saturated rings. The number of nitrogens with zero attached hydrogens (tertiary/aromatic N) is 1. The topological polar surface area (TPSA) is 101 Å². The molecule has 1 unspecified atom stereocenters. The number of carbonyl (C=O) groups excluding carboxylic acids is 1. The molecule has 0 saturated heterocycles. The third-order valence-electron chi connectivity index (χ3n) is 2.61. The quantitative estimate of drug-likeness (QED) is 0.722. The molecule has 20 heavy (non-hydrogen) atoms. The molecule has 0 radical (unpaired) electrons. The van der Waals surface area contributed by atoms with E-state index in [-0.39, 0.29) is 16.4 Å². The zero-order valence-corrected chi connectivity index (χ0v) is 11.2. The minimum Gasteiger partial charge on any atom is -0.392 e. The minimum atomic E-state index is -0.750. The molecule has 1 amide bonds. The Morgan fingerprint density at radius 1 is 1.25 bits per heavy atom. The summed E-state index contributed by atoms with van der Waals surface area (Å²) in [5, 5.41) is 8.49. The molecule has 1 atom stereocenters. The Labute approximate surface area is 120 Å². The van der Waals surface area contributed by atoms with E-state index in [0.29, 0.717) is 5.56 Å². The van der Waals surface area contributed by atoms with E-state index in [1.165, 1.54) is 12.1 Å². The van der Waals surface area contributed by atoms with Crippen LogP contribution in [0.2, 0.25) is 0 Å². The molecular weight excluding hydrogens is 276 g/mol. The second-order valence-corrected chi connectivity index (χ2v) is 4.51. The number of hydrogen-bond donors (Lipinski definition) is 3. The molecule has 0 saturated carbocycles. The van der Waals surface area contributed by atoms with Crippen LogP contribution >= 0.6 is 12.2 Å². The van der Waals surface area contributed by atoms with Gasteiger partial charge in [0.25, 0.3) is 5.56 Å². The van der Waals surface area contributed by atoms with Crippen molar-refractivity contribution in [3.63, 3.8) is 0 Å². The van der Waals surface area contributed by atoms with Crippen LogP contribution in [0.5, 0.6) is 0 Å². The summed E-state index contributed by atoms with van der Waals surface area (Å²) < 4.78 is 0. The number of carbonyl (C=O) groups is 1. The van der Waals surface area contributed by atoms with Crippen LogP contribution in [0.1, 0.15) is 11.5 Å². The van der Waals surface area contributed by atoms with E-state index in [1.54, 1.807) is 24.3 Å². The van der Waals surface area contributed by atoms with E-state index in [2.05, 4.69) is 15.5 Å². The molecule has 102 valence electrons. The summed E-state index contributed by atoms with van der Waals surface area (Å²) in [6, 6.07) is 11.6. The smallest absolute Gasteiger partial charge is 0.264 e. The molecule has 2 rings (SSSR count). The lowest BCUT2D eigenvalue weighted by atomic mass is 9.98. The van der Waals surface area contributed by atoms with Crippen LogP contribution < -0.4 is 16.6 Å². The number of nitrogens with one attached hydrogen (secondary N) is 2. The van der Waals surface area contributed by atoms with Crippen molar-refractivity contribution >= 4 is 28.9 Å². The van der Waals surface area contributed by atoms with Gasteiger partial charge in [-0.15, -0.1) is 0 Å². The third-order valence-corrected chi connectivity index (χ3v) is 2.85. The van der Waals surface area contributed by atoms with E-state index in [0.717, 1.165) is 0 Å². The van der Waals surface area contributed by atoms with Crippen molar-refractivity contribution in [3.05, 3.63) is 58.4 Å². The number of aromatic amines is 1. The highest BCUT2D eigenvalue weighted by atomic mass is 32.1. The highest BCUT2D eigenvalue weighted by molar-refractivity contribution is 7.80. The fourth-order valence-corrected chi connectivity index (χ4v) is 1.95. The summed E-state index contributed by atoms with van der Waals surface area (Å²) >= 11 is 4.95. The van der Waals surface area contributed by atoms with Gasteiger partial charge in [0, 0.05) is 6.07 Å². The van der Waals surface area contributed by atoms with Crippen LogP contribution in [0, 0.1) is 0 Å². The molecule has 4 N–H and O–H groups in total. The maximum Gasteiger partial charge on any atom is 0.264 e. The fourth-order valence-electron chi connectivity index (χ4n) is 1.70. The Bertz CT molecular complexity index is 664. The summed E-state index contributed by atoms with van der Waals surface area (Å²) in [4.78, 5) is 23.2. The summed E-state index contributed by atoms with van der Waals surface area (Å²) in [6.45, 7) is 0. The van der Waals surface area contributed by atoms with Crippen LogP contribution in [0.25, 0.3) is 0 Å². The number of aromatic nitrogens is 2. The molecule has 7 heteroatoms. The Hall–Kier alpha value is -2.54. The van der Waals surface area contributed by atoms with Crippen molar-refractivity contribution in [2.45, 2.75) is 5.92 Å². The average molecular weight is 288 g/mol. The Balaban J connectivity index is 2.22. The average Bonchev–Trinajstić information content (AvgIpc) is 2.42. The highest BCUT2D eigenvalue weighted by Crippen LogP contribution is 2.17. The first-order valence-corrected chi connectivity index (χ1v) is 6.19. The van der Waals surface area contributed by atoms with Gasteiger partial charge in [-0.05, 0) is 11.6 Å². The molecule has 1 aromatic carbocycles. The molecule has 0 aliphatic carbocycles. The molecular formula is C13H12N4O2S. The first kappa shape index (κ1) is 13.9. The molecule has 0 spiro atoms. The van der Waals surface area contributed by atoms with Crippen LogP contribution in [0.4, 0.5) is 5.82 Å². The van der Waals surface area contributed by atoms with E-state index in [1.807, 2.05) is 6.07 Å². The summed E-state index contributed by atoms with van der Waals surface area (Å²) in [7, 11) is 0. The van der Waals surface area contributed by atoms with Gasteiger partial charge in [0.05, 0.1) is 4.99 Å². The molecule has 0 aliphatic heterocycles. The van der Waals surface area contributed by atoms with Crippen molar-refractivity contribution in [2.24, 2.45) is 5.73 Å². The van der Waals surface area contributed by atoms with Gasteiger partial charge in [0.15, 0.2) is 5.82 Å². The number of H-pyrrole nitrogens is 1. The summed E-state index contributed by atoms with van der Waals surface area (Å²) in [5.74, 6) is -0.921. The molecule has 0 aliphatic rings. The predicted molar refractivity (Wildman–Crippen MR) is 79.5 cm³/mol. The number of thiocarbonyl (C=S) groups is 1. The zero-order chi connectivity index (χ0) is 14.5. The monoisotopic (exact) mass is 288 g/mol. The van der Waals surface area contributed by atoms with Crippen LogP contribution in [-0.4, -0.2) is 21.1 Å². The van der Waals surface area contributed by atoms with E-state index >= 15 is 0 Å². The van der Waals surface area contributed by atoms with Crippen LogP contribution in [0.15, 0.2) is 47.3 Å². The van der Waals surface area contributed by atoms with Gasteiger partial charge in [-0.25, -0.2) is 5.10 Å². The minimum absolute atomic E-state index is 0.0677. The van der Waals surface area contributed by atoms with Crippen molar-refractivity contribution < 1.29 is 4.79 Å². The largest absolute Gasteiger partial charge is 0.392 e. The molecule has 2 aromatic rings. The number of anilines is 1. The molecule has 1 aromatic heterocycles. The zero-order valence-electron chi connectivity index (χ0n) is 10.4. The lowest BCUT2D eigenvalue weighted by Gasteiger charge is -2.15. The van der Waals surface area contributed by atoms with Gasteiger partial charge in [0.1, 0.15) is 5.92 Å². The van der Waals surface area contributed by atoms with Gasteiger partial charge in [-0.3, -0.25) is 9.59 Å². The van der Waals surface area contributed by atoms with E-state index in [4.69, 9.17) is 18.0 Å². The lowest BCUT2D eigenvalue weighted by Crippen LogP contribution is -2.31. The van der Waals surface area contributed by atoms with Crippen LogP contribution in [0.3, 0.4) is 0 Å². The number of amides is 1. The Morgan fingerprint density at radius 2 is 1.95 bits per heavy atom. The van der Waals surface area contributed by atoms with Crippen molar-refractivity contribution in [1.82, 2.24) is 10.2 Å². The molecule has 0 bridgehead atoms. The fraction of sp³-hybridized carbons (Fsp3) is 0.0769. The standard InChI is InChI=1S/C13H12N4O2S/c14-12(20)11(8-4-2-1-3-5-8)13(19)15-9-6-7-10(18)17-16-9/h1-7,11H,(H2,14,20)(H,17,18)(H,15,16,19). The van der Waals surface area contributed by atoms with E-state index < -0.39 is 11.8 Å². The normalized spacial score (nSPS) is 11.6. The van der Waals surface area contributed by atoms with Gasteiger partial charge < -0.3 is 11.1 Å². The molecule has 1 heterocycles. The second kappa shape index (κ2) is 6.07. The predicted octanol–water partition coefficient (Wildman–Crippen LogP) is 0.778. The number of nitrogens with two attached hydrogens (primary N) is 1. The molecule has 6 nitrogen and oxygen atoms in total. The third kappa shape index (κ3) is 3.27. The number of rotatable bonds is 4. The van der Waals surface area contributed by atoms with Gasteiger partial charge in [0.2, 0.25) is 5.91 Å². The van der Waals surface area contributed by atoms with Gasteiger partial charge in [-0.2, -0.15) is 5.10 Å². The Kier molecular flexibility index (Phi) is 4.21. The number of benzene rings is 1. The summed E-state index contributed by atoms with van der Waals surface area (Å²) in [5.41, 5.74) is 5.99. The van der Waals surface area contributed by atoms with Crippen molar-refractivity contribution in [2.75, 3.05) is 5.32 Å². The van der Waals surface area contributed by atoms with Gasteiger partial charge in [-0.1, -0.05) is 42.5 Å². The first-order valence-electron chi connectivity index (χ1n) is 5.79. The Morgan fingerprint density at radius 3 is 2.50 bits per heavy atom. The van der Waals surface area contributed by atoms with Crippen molar-refractivity contribution in [3.8, 4) is 0 Å². The lowest BCUT2D eigenvalue weighted by molar-refractivity contribution is -0.116. The first-order chi connectivity index (χ1) is 9.58. The highest BCUT2D eigenvalue weighted by Gasteiger charge is 2.23. The SMILES string of the molecule is NC(=S)C(C(=O)Nc1ccc(=O)[nH]n1)c1ccccc1. The van der Waals surface area contributed by atoms with Crippen molar-refractivity contribution in [1.29, 1.82) is 0 Å². The number of hydrogen-bond acceptors (Lipinski definition) is 4. The van der Waals surface area contributed by atoms with E-state index in [9.17, 15) is 9.59 Å². The summed E-state index contributed by atoms with van der Waals surface area (Å²) in [6.07, 6.45) is 0. The maximum absolute atomic E-state index is 12.2. The second-order valence-electron chi connectivity index (χ2n) is 4.04. The maximum atomic E-state index is 12.2.